The van der Waals surface area contributed by atoms with Gasteiger partial charge in [0, 0.05) is 32.2 Å². The van der Waals surface area contributed by atoms with Gasteiger partial charge in [0.1, 0.15) is 5.75 Å². The van der Waals surface area contributed by atoms with Crippen molar-refractivity contribution < 1.29 is 9.90 Å². The number of carbonyl (C=O) groups excluding carboxylic acids is 1. The van der Waals surface area contributed by atoms with Gasteiger partial charge in [-0.1, -0.05) is 36.4 Å². The van der Waals surface area contributed by atoms with Gasteiger partial charge in [-0.15, -0.1) is 0 Å². The average molecular weight is 365 g/mol. The largest absolute Gasteiger partial charge is 0.508 e. The molecule has 5 nitrogen and oxygen atoms in total. The van der Waals surface area contributed by atoms with Gasteiger partial charge in [0.15, 0.2) is 0 Å². The van der Waals surface area contributed by atoms with E-state index in [0.29, 0.717) is 12.3 Å². The summed E-state index contributed by atoms with van der Waals surface area (Å²) < 4.78 is 0. The highest BCUT2D eigenvalue weighted by atomic mass is 16.3. The predicted molar refractivity (Wildman–Crippen MR) is 105 cm³/mol. The minimum atomic E-state index is 0.0497. The molecule has 0 saturated carbocycles. The lowest BCUT2D eigenvalue weighted by Crippen LogP contribution is -2.52. The van der Waals surface area contributed by atoms with E-state index in [4.69, 9.17) is 0 Å². The van der Waals surface area contributed by atoms with Crippen LogP contribution in [0.3, 0.4) is 0 Å². The first-order chi connectivity index (χ1) is 13.2. The molecular formula is C22H27N3O2. The van der Waals surface area contributed by atoms with Crippen LogP contribution in [0.25, 0.3) is 0 Å². The summed E-state index contributed by atoms with van der Waals surface area (Å²) in [5.74, 6) is 0.305. The second-order valence-corrected chi connectivity index (χ2v) is 7.63. The number of likely N-dealkylation sites (tertiary alicyclic amines) is 1. The molecule has 1 atom stereocenters. The minimum absolute atomic E-state index is 0.0497. The number of hydrogen-bond donors (Lipinski definition) is 2. The van der Waals surface area contributed by atoms with Crippen LogP contribution in [-0.2, 0) is 19.5 Å². The first-order valence-corrected chi connectivity index (χ1v) is 9.80. The van der Waals surface area contributed by atoms with Crippen molar-refractivity contribution >= 4 is 6.03 Å². The Bertz CT molecular complexity index is 808. The van der Waals surface area contributed by atoms with E-state index in [1.165, 1.54) is 11.1 Å². The number of hydrogen-bond acceptors (Lipinski definition) is 3. The van der Waals surface area contributed by atoms with Crippen molar-refractivity contribution in [3.05, 3.63) is 65.2 Å². The third-order valence-electron chi connectivity index (χ3n) is 5.57. The Kier molecular flexibility index (Phi) is 5.30. The number of carbonyl (C=O) groups is 1. The van der Waals surface area contributed by atoms with Crippen molar-refractivity contribution in [3.63, 3.8) is 0 Å². The second kappa shape index (κ2) is 8.01. The van der Waals surface area contributed by atoms with Gasteiger partial charge < -0.3 is 15.3 Å². The molecule has 1 saturated heterocycles. The SMILES string of the molecule is O=C(N[C@H]1CCCN(Cc2cccc(O)c2)C1)N1CCc2ccccc2C1. The van der Waals surface area contributed by atoms with E-state index in [1.807, 2.05) is 29.2 Å². The molecule has 2 aromatic rings. The van der Waals surface area contributed by atoms with Crippen LogP contribution in [0.5, 0.6) is 5.75 Å². The fraction of sp³-hybridized carbons (Fsp3) is 0.409. The fourth-order valence-corrected chi connectivity index (χ4v) is 4.16. The molecule has 0 spiro atoms. The fourth-order valence-electron chi connectivity index (χ4n) is 4.16. The van der Waals surface area contributed by atoms with E-state index in [9.17, 15) is 9.90 Å². The van der Waals surface area contributed by atoms with Crippen LogP contribution in [0.1, 0.15) is 29.5 Å². The number of fused-ring (bicyclic) bond motifs is 1. The number of benzene rings is 2. The summed E-state index contributed by atoms with van der Waals surface area (Å²) in [4.78, 5) is 17.0. The molecule has 0 bridgehead atoms. The van der Waals surface area contributed by atoms with Gasteiger partial charge in [-0.05, 0) is 54.6 Å². The molecular weight excluding hydrogens is 338 g/mol. The lowest BCUT2D eigenvalue weighted by atomic mass is 10.00. The van der Waals surface area contributed by atoms with Crippen molar-refractivity contribution in [2.45, 2.75) is 38.4 Å². The summed E-state index contributed by atoms with van der Waals surface area (Å²) >= 11 is 0. The Balaban J connectivity index is 1.32. The molecule has 0 radical (unpaired) electrons. The first-order valence-electron chi connectivity index (χ1n) is 9.80. The Labute approximate surface area is 160 Å². The van der Waals surface area contributed by atoms with E-state index in [0.717, 1.165) is 51.0 Å². The minimum Gasteiger partial charge on any atom is -0.508 e. The zero-order chi connectivity index (χ0) is 18.6. The van der Waals surface area contributed by atoms with Gasteiger partial charge >= 0.3 is 6.03 Å². The van der Waals surface area contributed by atoms with E-state index in [2.05, 4.69) is 28.4 Å². The number of piperidine rings is 1. The summed E-state index contributed by atoms with van der Waals surface area (Å²) in [6.07, 6.45) is 3.02. The Hall–Kier alpha value is -2.53. The van der Waals surface area contributed by atoms with Crippen molar-refractivity contribution in [2.24, 2.45) is 0 Å². The molecule has 0 unspecified atom stereocenters. The number of amides is 2. The van der Waals surface area contributed by atoms with Crippen molar-refractivity contribution in [1.29, 1.82) is 0 Å². The maximum Gasteiger partial charge on any atom is 0.317 e. The number of aromatic hydroxyl groups is 1. The molecule has 5 heteroatoms. The topological polar surface area (TPSA) is 55.8 Å². The van der Waals surface area contributed by atoms with Gasteiger partial charge in [-0.3, -0.25) is 4.90 Å². The van der Waals surface area contributed by atoms with E-state index < -0.39 is 0 Å². The summed E-state index contributed by atoms with van der Waals surface area (Å²) in [5.41, 5.74) is 3.72. The van der Waals surface area contributed by atoms with Gasteiger partial charge in [0.05, 0.1) is 0 Å². The Morgan fingerprint density at radius 1 is 1.11 bits per heavy atom. The zero-order valence-corrected chi connectivity index (χ0v) is 15.6. The highest BCUT2D eigenvalue weighted by Crippen LogP contribution is 2.20. The summed E-state index contributed by atoms with van der Waals surface area (Å²) in [6, 6.07) is 16.0. The van der Waals surface area contributed by atoms with E-state index >= 15 is 0 Å². The smallest absolute Gasteiger partial charge is 0.317 e. The van der Waals surface area contributed by atoms with E-state index in [-0.39, 0.29) is 12.1 Å². The standard InChI is InChI=1S/C22H27N3O2/c26-21-9-3-5-17(13-21)14-24-11-4-8-20(16-24)23-22(27)25-12-10-18-6-1-2-7-19(18)15-25/h1-3,5-7,9,13,20,26H,4,8,10-12,14-16H2,(H,23,27)/t20-/m0/s1. The molecule has 4 rings (SSSR count). The third kappa shape index (κ3) is 4.42. The van der Waals surface area contributed by atoms with Gasteiger partial charge in [0.2, 0.25) is 0 Å². The number of nitrogens with one attached hydrogen (secondary N) is 1. The Morgan fingerprint density at radius 2 is 1.96 bits per heavy atom. The quantitative estimate of drug-likeness (QED) is 0.879. The molecule has 2 heterocycles. The van der Waals surface area contributed by atoms with Gasteiger partial charge in [-0.2, -0.15) is 0 Å². The number of rotatable bonds is 3. The first kappa shape index (κ1) is 17.9. The van der Waals surface area contributed by atoms with Crippen LogP contribution in [0, 0.1) is 0 Å². The van der Waals surface area contributed by atoms with Crippen molar-refractivity contribution in [2.75, 3.05) is 19.6 Å². The van der Waals surface area contributed by atoms with Crippen LogP contribution in [0.15, 0.2) is 48.5 Å². The van der Waals surface area contributed by atoms with Crippen LogP contribution >= 0.6 is 0 Å². The molecule has 2 aliphatic heterocycles. The summed E-state index contributed by atoms with van der Waals surface area (Å²) in [6.45, 7) is 4.16. The molecule has 2 aromatic carbocycles. The lowest BCUT2D eigenvalue weighted by Gasteiger charge is -2.35. The maximum atomic E-state index is 12.7. The average Bonchev–Trinajstić information content (AvgIpc) is 2.68. The number of nitrogens with zero attached hydrogens (tertiary/aromatic N) is 2. The molecule has 2 aliphatic rings. The molecule has 0 aliphatic carbocycles. The number of urea groups is 1. The molecule has 0 aromatic heterocycles. The van der Waals surface area contributed by atoms with E-state index in [1.54, 1.807) is 6.07 Å². The zero-order valence-electron chi connectivity index (χ0n) is 15.6. The second-order valence-electron chi connectivity index (χ2n) is 7.63. The van der Waals surface area contributed by atoms with Crippen LogP contribution in [0.4, 0.5) is 4.79 Å². The maximum absolute atomic E-state index is 12.7. The molecule has 2 amide bonds. The molecule has 27 heavy (non-hydrogen) atoms. The Morgan fingerprint density at radius 3 is 2.81 bits per heavy atom. The number of phenolic OH excluding ortho intramolecular Hbond substituents is 1. The summed E-state index contributed by atoms with van der Waals surface area (Å²) in [5, 5.41) is 12.9. The van der Waals surface area contributed by atoms with Gasteiger partial charge in [-0.25, -0.2) is 4.79 Å². The van der Waals surface area contributed by atoms with Crippen LogP contribution in [-0.4, -0.2) is 46.6 Å². The third-order valence-corrected chi connectivity index (χ3v) is 5.57. The highest BCUT2D eigenvalue weighted by molar-refractivity contribution is 5.75. The van der Waals surface area contributed by atoms with Crippen LogP contribution in [0.2, 0.25) is 0 Å². The van der Waals surface area contributed by atoms with Crippen molar-refractivity contribution in [3.8, 4) is 5.75 Å². The monoisotopic (exact) mass is 365 g/mol. The van der Waals surface area contributed by atoms with Crippen molar-refractivity contribution in [1.82, 2.24) is 15.1 Å². The van der Waals surface area contributed by atoms with Gasteiger partial charge in [0.25, 0.3) is 0 Å². The predicted octanol–water partition coefficient (Wildman–Crippen LogP) is 3.12. The van der Waals surface area contributed by atoms with Crippen LogP contribution < -0.4 is 5.32 Å². The molecule has 1 fully saturated rings. The molecule has 142 valence electrons. The lowest BCUT2D eigenvalue weighted by molar-refractivity contribution is 0.160. The normalized spacial score (nSPS) is 20.1. The number of phenols is 1. The summed E-state index contributed by atoms with van der Waals surface area (Å²) in [7, 11) is 0. The molecule has 2 N–H and O–H groups in total. The highest BCUT2D eigenvalue weighted by Gasteiger charge is 2.25.